The van der Waals surface area contributed by atoms with Gasteiger partial charge >= 0.3 is 0 Å². The monoisotopic (exact) mass is 219 g/mol. The van der Waals surface area contributed by atoms with Crippen LogP contribution in [0.2, 0.25) is 0 Å². The van der Waals surface area contributed by atoms with Gasteiger partial charge in [0.1, 0.15) is 6.33 Å². The zero-order valence-corrected chi connectivity index (χ0v) is 9.52. The summed E-state index contributed by atoms with van der Waals surface area (Å²) in [5, 5.41) is 3.43. The topological polar surface area (TPSA) is 47.0 Å². The Labute approximate surface area is 95.8 Å². The highest BCUT2D eigenvalue weighted by Crippen LogP contribution is 2.25. The molecule has 0 radical (unpaired) electrons. The van der Waals surface area contributed by atoms with E-state index in [0.717, 1.165) is 31.7 Å². The Morgan fingerprint density at radius 3 is 3.12 bits per heavy atom. The van der Waals surface area contributed by atoms with Crippen LogP contribution in [0.3, 0.4) is 0 Å². The third-order valence-electron chi connectivity index (χ3n) is 2.64. The number of hydrogen-bond acceptors (Lipinski definition) is 4. The first-order valence-electron chi connectivity index (χ1n) is 5.71. The van der Waals surface area contributed by atoms with Gasteiger partial charge in [0.15, 0.2) is 0 Å². The molecule has 1 unspecified atom stereocenters. The zero-order chi connectivity index (χ0) is 11.2. The van der Waals surface area contributed by atoms with Gasteiger partial charge in [-0.05, 0) is 31.0 Å². The van der Waals surface area contributed by atoms with Gasteiger partial charge in [0.05, 0.1) is 24.6 Å². The normalized spacial score (nSPS) is 17.4. The molecule has 0 saturated heterocycles. The fourth-order valence-corrected chi connectivity index (χ4v) is 1.90. The summed E-state index contributed by atoms with van der Waals surface area (Å²) in [6.07, 6.45) is 7.39. The van der Waals surface area contributed by atoms with E-state index in [0.29, 0.717) is 0 Å². The second-order valence-corrected chi connectivity index (χ2v) is 3.79. The minimum atomic E-state index is 0.160. The first-order chi connectivity index (χ1) is 7.92. The summed E-state index contributed by atoms with van der Waals surface area (Å²) in [6.45, 7) is 3.83. The molecule has 86 valence electrons. The van der Waals surface area contributed by atoms with Crippen molar-refractivity contribution in [3.05, 3.63) is 36.1 Å². The van der Waals surface area contributed by atoms with Crippen LogP contribution in [0.4, 0.5) is 0 Å². The molecule has 1 aliphatic heterocycles. The van der Waals surface area contributed by atoms with Gasteiger partial charge in [-0.15, -0.1) is 0 Å². The lowest BCUT2D eigenvalue weighted by Crippen LogP contribution is -2.25. The molecule has 0 bridgehead atoms. The van der Waals surface area contributed by atoms with Crippen LogP contribution in [0.15, 0.2) is 30.4 Å². The minimum Gasteiger partial charge on any atom is -0.501 e. The Morgan fingerprint density at radius 1 is 1.56 bits per heavy atom. The molecule has 1 aliphatic rings. The SMILES string of the molecule is CCNC(C1=COCCC1)c1ccncn1. The van der Waals surface area contributed by atoms with Gasteiger partial charge in [-0.25, -0.2) is 9.97 Å². The van der Waals surface area contributed by atoms with Gasteiger partial charge in [-0.2, -0.15) is 0 Å². The van der Waals surface area contributed by atoms with Gasteiger partial charge < -0.3 is 10.1 Å². The maximum Gasteiger partial charge on any atom is 0.115 e. The molecule has 0 fully saturated rings. The second kappa shape index (κ2) is 5.61. The molecule has 0 amide bonds. The summed E-state index contributed by atoms with van der Waals surface area (Å²) in [7, 11) is 0. The smallest absolute Gasteiger partial charge is 0.115 e. The van der Waals surface area contributed by atoms with Crippen LogP contribution in [-0.4, -0.2) is 23.1 Å². The van der Waals surface area contributed by atoms with Crippen LogP contribution >= 0.6 is 0 Å². The highest BCUT2D eigenvalue weighted by molar-refractivity contribution is 5.20. The predicted octanol–water partition coefficient (Wildman–Crippen LogP) is 1.82. The summed E-state index contributed by atoms with van der Waals surface area (Å²) in [4.78, 5) is 8.25. The molecule has 1 aromatic heterocycles. The molecule has 1 aromatic rings. The van der Waals surface area contributed by atoms with Gasteiger partial charge in [0.2, 0.25) is 0 Å². The summed E-state index contributed by atoms with van der Waals surface area (Å²) < 4.78 is 5.39. The first-order valence-corrected chi connectivity index (χ1v) is 5.71. The average molecular weight is 219 g/mol. The molecule has 0 spiro atoms. The van der Waals surface area contributed by atoms with Crippen molar-refractivity contribution < 1.29 is 4.74 Å². The van der Waals surface area contributed by atoms with Crippen molar-refractivity contribution in [3.8, 4) is 0 Å². The van der Waals surface area contributed by atoms with Gasteiger partial charge in [0, 0.05) is 6.20 Å². The number of likely N-dealkylation sites (N-methyl/N-ethyl adjacent to an activating group) is 1. The number of hydrogen-bond donors (Lipinski definition) is 1. The van der Waals surface area contributed by atoms with Crippen molar-refractivity contribution >= 4 is 0 Å². The maximum atomic E-state index is 5.39. The summed E-state index contributed by atoms with van der Waals surface area (Å²) in [5.74, 6) is 0. The van der Waals surface area contributed by atoms with Gasteiger partial charge in [-0.1, -0.05) is 6.92 Å². The third-order valence-corrected chi connectivity index (χ3v) is 2.64. The number of aromatic nitrogens is 2. The largest absolute Gasteiger partial charge is 0.501 e. The molecule has 4 nitrogen and oxygen atoms in total. The van der Waals surface area contributed by atoms with Crippen LogP contribution in [-0.2, 0) is 4.74 Å². The molecule has 16 heavy (non-hydrogen) atoms. The van der Waals surface area contributed by atoms with Crippen molar-refractivity contribution in [3.63, 3.8) is 0 Å². The molecule has 4 heteroatoms. The lowest BCUT2D eigenvalue weighted by Gasteiger charge is -2.23. The summed E-state index contributed by atoms with van der Waals surface area (Å²) in [5.41, 5.74) is 2.28. The highest BCUT2D eigenvalue weighted by Gasteiger charge is 2.18. The Balaban J connectivity index is 2.19. The molecule has 0 saturated carbocycles. The van der Waals surface area contributed by atoms with Crippen LogP contribution < -0.4 is 5.32 Å². The molecular weight excluding hydrogens is 202 g/mol. The van der Waals surface area contributed by atoms with E-state index < -0.39 is 0 Å². The van der Waals surface area contributed by atoms with Crippen LogP contribution in [0.5, 0.6) is 0 Å². The minimum absolute atomic E-state index is 0.160. The quantitative estimate of drug-likeness (QED) is 0.839. The maximum absolute atomic E-state index is 5.39. The molecule has 0 aromatic carbocycles. The fourth-order valence-electron chi connectivity index (χ4n) is 1.90. The molecule has 2 rings (SSSR count). The van der Waals surface area contributed by atoms with E-state index in [1.165, 1.54) is 5.57 Å². The molecule has 0 aliphatic carbocycles. The van der Waals surface area contributed by atoms with Crippen LogP contribution in [0.1, 0.15) is 31.5 Å². The molecule has 1 N–H and O–H groups in total. The van der Waals surface area contributed by atoms with E-state index in [4.69, 9.17) is 4.74 Å². The van der Waals surface area contributed by atoms with E-state index in [-0.39, 0.29) is 6.04 Å². The van der Waals surface area contributed by atoms with Crippen LogP contribution in [0, 0.1) is 0 Å². The lowest BCUT2D eigenvalue weighted by molar-refractivity contribution is 0.219. The van der Waals surface area contributed by atoms with E-state index in [2.05, 4.69) is 22.2 Å². The number of nitrogens with one attached hydrogen (secondary N) is 1. The average Bonchev–Trinajstić information content (AvgIpc) is 2.38. The lowest BCUT2D eigenvalue weighted by atomic mass is 9.99. The Morgan fingerprint density at radius 2 is 2.50 bits per heavy atom. The van der Waals surface area contributed by atoms with E-state index in [1.807, 2.05) is 12.3 Å². The Hall–Kier alpha value is -1.42. The summed E-state index contributed by atoms with van der Waals surface area (Å²) >= 11 is 0. The molecular formula is C12H17N3O. The predicted molar refractivity (Wildman–Crippen MR) is 61.7 cm³/mol. The highest BCUT2D eigenvalue weighted by atomic mass is 16.5. The van der Waals surface area contributed by atoms with Crippen LogP contribution in [0.25, 0.3) is 0 Å². The van der Waals surface area contributed by atoms with E-state index >= 15 is 0 Å². The first kappa shape index (κ1) is 11.1. The molecule has 2 heterocycles. The Kier molecular flexibility index (Phi) is 3.88. The molecule has 1 atom stereocenters. The van der Waals surface area contributed by atoms with Gasteiger partial charge in [0.25, 0.3) is 0 Å². The second-order valence-electron chi connectivity index (χ2n) is 3.79. The fraction of sp³-hybridized carbons (Fsp3) is 0.500. The van der Waals surface area contributed by atoms with E-state index in [1.54, 1.807) is 12.5 Å². The van der Waals surface area contributed by atoms with Crippen molar-refractivity contribution in [2.45, 2.75) is 25.8 Å². The van der Waals surface area contributed by atoms with Crippen molar-refractivity contribution in [1.82, 2.24) is 15.3 Å². The number of rotatable bonds is 4. The Bertz CT molecular complexity index is 351. The van der Waals surface area contributed by atoms with Gasteiger partial charge in [-0.3, -0.25) is 0 Å². The number of nitrogens with zero attached hydrogens (tertiary/aromatic N) is 2. The van der Waals surface area contributed by atoms with Crippen molar-refractivity contribution in [2.75, 3.05) is 13.2 Å². The van der Waals surface area contributed by atoms with Crippen molar-refractivity contribution in [2.24, 2.45) is 0 Å². The standard InChI is InChI=1S/C12H17N3O/c1-2-14-12(10-4-3-7-16-8-10)11-5-6-13-9-15-11/h5-6,8-9,12,14H,2-4,7H2,1H3. The zero-order valence-electron chi connectivity index (χ0n) is 9.52. The van der Waals surface area contributed by atoms with Crippen molar-refractivity contribution in [1.29, 1.82) is 0 Å². The number of ether oxygens (including phenoxy) is 1. The van der Waals surface area contributed by atoms with E-state index in [9.17, 15) is 0 Å². The third kappa shape index (κ3) is 2.58. The summed E-state index contributed by atoms with van der Waals surface area (Å²) in [6, 6.07) is 2.11.